The van der Waals surface area contributed by atoms with Crippen LogP contribution >= 0.6 is 0 Å². The van der Waals surface area contributed by atoms with Crippen molar-refractivity contribution in [3.05, 3.63) is 53.6 Å². The van der Waals surface area contributed by atoms with Crippen LogP contribution in [0.2, 0.25) is 0 Å². The lowest BCUT2D eigenvalue weighted by Gasteiger charge is -2.30. The minimum absolute atomic E-state index is 0.136. The Hall–Kier alpha value is -3.53. The van der Waals surface area contributed by atoms with E-state index in [9.17, 15) is 9.59 Å². The maximum Gasteiger partial charge on any atom is 0.323 e. The van der Waals surface area contributed by atoms with Gasteiger partial charge in [0.05, 0.1) is 17.2 Å². The number of carbonyl (C=O) groups is 2. The summed E-state index contributed by atoms with van der Waals surface area (Å²) < 4.78 is 0. The summed E-state index contributed by atoms with van der Waals surface area (Å²) in [5.41, 5.74) is 2.99. The maximum absolute atomic E-state index is 12.8. The Kier molecular flexibility index (Phi) is 7.28. The number of amides is 3. The number of hydrogen-bond donors (Lipinski definition) is 3. The number of urea groups is 1. The normalized spacial score (nSPS) is 13.3. The van der Waals surface area contributed by atoms with E-state index in [0.717, 1.165) is 38.0 Å². The van der Waals surface area contributed by atoms with Crippen LogP contribution in [-0.2, 0) is 0 Å². The number of anilines is 3. The first-order valence-electron chi connectivity index (χ1n) is 10.4. The van der Waals surface area contributed by atoms with Crippen LogP contribution in [0, 0.1) is 11.3 Å². The van der Waals surface area contributed by atoms with Gasteiger partial charge >= 0.3 is 6.03 Å². The van der Waals surface area contributed by atoms with Gasteiger partial charge in [0.25, 0.3) is 5.91 Å². The Bertz CT molecular complexity index is 945. The predicted molar refractivity (Wildman–Crippen MR) is 119 cm³/mol. The molecule has 0 saturated carbocycles. The van der Waals surface area contributed by atoms with Crippen LogP contribution in [-0.4, -0.2) is 31.6 Å². The van der Waals surface area contributed by atoms with Gasteiger partial charge in [0.2, 0.25) is 0 Å². The molecular weight excluding hydrogens is 378 g/mol. The van der Waals surface area contributed by atoms with Crippen LogP contribution in [0.4, 0.5) is 21.9 Å². The van der Waals surface area contributed by atoms with E-state index < -0.39 is 6.03 Å². The lowest BCUT2D eigenvalue weighted by atomic mass is 10.1. The third-order valence-electron chi connectivity index (χ3n) is 4.98. The minimum atomic E-state index is -0.435. The van der Waals surface area contributed by atoms with E-state index in [4.69, 9.17) is 5.26 Å². The largest absolute Gasteiger partial charge is 0.371 e. The minimum Gasteiger partial charge on any atom is -0.371 e. The van der Waals surface area contributed by atoms with E-state index in [1.165, 1.54) is 6.42 Å². The van der Waals surface area contributed by atoms with E-state index in [0.29, 0.717) is 29.0 Å². The van der Waals surface area contributed by atoms with E-state index >= 15 is 0 Å². The molecule has 156 valence electrons. The van der Waals surface area contributed by atoms with E-state index in [1.54, 1.807) is 30.3 Å². The van der Waals surface area contributed by atoms with Crippen molar-refractivity contribution in [2.75, 3.05) is 35.2 Å². The first kappa shape index (κ1) is 21.2. The Balaban J connectivity index is 1.77. The second-order valence-electron chi connectivity index (χ2n) is 7.31. The van der Waals surface area contributed by atoms with E-state index in [-0.39, 0.29) is 5.91 Å². The molecule has 3 rings (SSSR count). The molecule has 1 aliphatic rings. The van der Waals surface area contributed by atoms with Gasteiger partial charge in [-0.2, -0.15) is 5.26 Å². The van der Waals surface area contributed by atoms with Crippen LogP contribution in [0.5, 0.6) is 0 Å². The molecule has 2 aromatic rings. The van der Waals surface area contributed by atoms with Gasteiger partial charge in [-0.15, -0.1) is 0 Å². The molecule has 3 N–H and O–H groups in total. The van der Waals surface area contributed by atoms with Crippen LogP contribution in [0.1, 0.15) is 48.5 Å². The van der Waals surface area contributed by atoms with Gasteiger partial charge in [0.15, 0.2) is 0 Å². The molecule has 1 heterocycles. The Morgan fingerprint density at radius 3 is 2.47 bits per heavy atom. The number of carbonyl (C=O) groups excluding carboxylic acids is 2. The molecule has 2 aromatic carbocycles. The molecule has 1 saturated heterocycles. The number of nitrogens with zero attached hydrogens (tertiary/aromatic N) is 2. The third kappa shape index (κ3) is 5.51. The highest BCUT2D eigenvalue weighted by atomic mass is 16.2. The molecule has 0 atom stereocenters. The quantitative estimate of drug-likeness (QED) is 0.666. The molecule has 0 aromatic heterocycles. The number of piperidine rings is 1. The number of nitrogens with one attached hydrogen (secondary N) is 3. The molecule has 1 aliphatic heterocycles. The summed E-state index contributed by atoms with van der Waals surface area (Å²) in [5, 5.41) is 17.4. The lowest BCUT2D eigenvalue weighted by molar-refractivity contribution is 0.0954. The average molecular weight is 406 g/mol. The fraction of sp³-hybridized carbons (Fsp3) is 0.348. The van der Waals surface area contributed by atoms with Crippen molar-refractivity contribution in [2.45, 2.75) is 32.6 Å². The fourth-order valence-corrected chi connectivity index (χ4v) is 3.50. The molecule has 30 heavy (non-hydrogen) atoms. The van der Waals surface area contributed by atoms with Gasteiger partial charge in [-0.1, -0.05) is 13.0 Å². The number of benzene rings is 2. The van der Waals surface area contributed by atoms with Crippen molar-refractivity contribution in [3.63, 3.8) is 0 Å². The summed E-state index contributed by atoms with van der Waals surface area (Å²) in [6.07, 6.45) is 4.29. The van der Waals surface area contributed by atoms with E-state index in [1.807, 2.05) is 25.1 Å². The van der Waals surface area contributed by atoms with Crippen molar-refractivity contribution in [1.29, 1.82) is 5.26 Å². The highest BCUT2D eigenvalue weighted by molar-refractivity contribution is 6.04. The molecule has 7 heteroatoms. The molecule has 0 aliphatic carbocycles. The molecule has 0 unspecified atom stereocenters. The first-order chi connectivity index (χ1) is 14.6. The highest BCUT2D eigenvalue weighted by Crippen LogP contribution is 2.27. The zero-order valence-corrected chi connectivity index (χ0v) is 17.2. The standard InChI is InChI=1S/C23H27N5O2/c1-2-11-25-22(29)20-15-19(9-10-21(20)28-12-4-3-5-13-28)27-23(30)26-18-8-6-7-17(14-18)16-24/h6-10,14-15H,2-5,11-13H2,1H3,(H,25,29)(H2,26,27,30). The van der Waals surface area contributed by atoms with Crippen molar-refractivity contribution in [1.82, 2.24) is 5.32 Å². The maximum atomic E-state index is 12.8. The monoisotopic (exact) mass is 405 g/mol. The summed E-state index contributed by atoms with van der Waals surface area (Å²) >= 11 is 0. The van der Waals surface area contributed by atoms with E-state index in [2.05, 4.69) is 20.9 Å². The number of rotatable bonds is 6. The van der Waals surface area contributed by atoms with Crippen LogP contribution in [0.25, 0.3) is 0 Å². The SMILES string of the molecule is CCCNC(=O)c1cc(NC(=O)Nc2cccc(C#N)c2)ccc1N1CCCCC1. The lowest BCUT2D eigenvalue weighted by Crippen LogP contribution is -2.33. The Morgan fingerprint density at radius 1 is 1.03 bits per heavy atom. The predicted octanol–water partition coefficient (Wildman–Crippen LogP) is 4.33. The summed E-state index contributed by atoms with van der Waals surface area (Å²) in [7, 11) is 0. The Labute approximate surface area is 177 Å². The van der Waals surface area contributed by atoms with Crippen LogP contribution in [0.3, 0.4) is 0 Å². The fourth-order valence-electron chi connectivity index (χ4n) is 3.50. The number of nitriles is 1. The smallest absolute Gasteiger partial charge is 0.323 e. The molecular formula is C23H27N5O2. The van der Waals surface area contributed by atoms with Gasteiger partial charge in [0.1, 0.15) is 0 Å². The summed E-state index contributed by atoms with van der Waals surface area (Å²) in [6, 6.07) is 13.7. The van der Waals surface area contributed by atoms with Gasteiger partial charge in [-0.25, -0.2) is 4.79 Å². The van der Waals surface area contributed by atoms with Crippen LogP contribution < -0.4 is 20.9 Å². The van der Waals surface area contributed by atoms with Crippen LogP contribution in [0.15, 0.2) is 42.5 Å². The topological polar surface area (TPSA) is 97.3 Å². The zero-order valence-electron chi connectivity index (χ0n) is 17.2. The van der Waals surface area contributed by atoms with Crippen molar-refractivity contribution < 1.29 is 9.59 Å². The molecule has 0 spiro atoms. The summed E-state index contributed by atoms with van der Waals surface area (Å²) in [5.74, 6) is -0.136. The molecule has 0 radical (unpaired) electrons. The number of hydrogen-bond acceptors (Lipinski definition) is 4. The molecule has 0 bridgehead atoms. The second-order valence-corrected chi connectivity index (χ2v) is 7.31. The second kappa shape index (κ2) is 10.3. The van der Waals surface area contributed by atoms with Crippen molar-refractivity contribution in [3.8, 4) is 6.07 Å². The summed E-state index contributed by atoms with van der Waals surface area (Å²) in [4.78, 5) is 27.4. The van der Waals surface area contributed by atoms with Gasteiger partial charge < -0.3 is 20.9 Å². The van der Waals surface area contributed by atoms with Crippen molar-refractivity contribution >= 4 is 29.0 Å². The third-order valence-corrected chi connectivity index (χ3v) is 4.98. The highest BCUT2D eigenvalue weighted by Gasteiger charge is 2.19. The molecule has 3 amide bonds. The summed E-state index contributed by atoms with van der Waals surface area (Å²) in [6.45, 7) is 4.47. The Morgan fingerprint density at radius 2 is 1.77 bits per heavy atom. The van der Waals surface area contributed by atoms with Gasteiger partial charge in [-0.05, 0) is 62.1 Å². The van der Waals surface area contributed by atoms with Gasteiger partial charge in [0, 0.05) is 36.7 Å². The van der Waals surface area contributed by atoms with Crippen molar-refractivity contribution in [2.24, 2.45) is 0 Å². The molecule has 1 fully saturated rings. The zero-order chi connectivity index (χ0) is 21.3. The molecule has 7 nitrogen and oxygen atoms in total. The first-order valence-corrected chi connectivity index (χ1v) is 10.4. The van der Waals surface area contributed by atoms with Gasteiger partial charge in [-0.3, -0.25) is 4.79 Å². The average Bonchev–Trinajstić information content (AvgIpc) is 2.78.